The number of nitrogens with zero attached hydrogens (tertiary/aromatic N) is 3. The van der Waals surface area contributed by atoms with Crippen molar-refractivity contribution < 1.29 is 27.5 Å². The van der Waals surface area contributed by atoms with Gasteiger partial charge in [0.25, 0.3) is 0 Å². The van der Waals surface area contributed by atoms with E-state index in [-0.39, 0.29) is 6.73 Å². The molecule has 0 saturated heterocycles. The molecule has 1 N–H and O–H groups in total. The first-order valence-electron chi connectivity index (χ1n) is 8.21. The molecule has 2 aromatic carbocycles. The Morgan fingerprint density at radius 3 is 2.46 bits per heavy atom. The number of aromatic nitrogens is 3. The summed E-state index contributed by atoms with van der Waals surface area (Å²) in [5.41, 5.74) is 1.60. The van der Waals surface area contributed by atoms with E-state index < -0.39 is 30.5 Å². The Kier molecular flexibility index (Phi) is 5.57. The smallest absolute Gasteiger partial charge is 0.442 e. The summed E-state index contributed by atoms with van der Waals surface area (Å²) < 4.78 is 44.2. The third-order valence-electron chi connectivity index (χ3n) is 3.90. The second-order valence-corrected chi connectivity index (χ2v) is 5.86. The van der Waals surface area contributed by atoms with E-state index in [0.29, 0.717) is 16.6 Å². The van der Waals surface area contributed by atoms with Crippen molar-refractivity contribution in [1.82, 2.24) is 20.3 Å². The number of fused-ring (bicyclic) bond motifs is 1. The van der Waals surface area contributed by atoms with Gasteiger partial charge in [-0.3, -0.25) is 9.59 Å². The lowest BCUT2D eigenvalue weighted by Crippen LogP contribution is -2.40. The highest BCUT2D eigenvalue weighted by Crippen LogP contribution is 2.21. The van der Waals surface area contributed by atoms with E-state index in [1.807, 2.05) is 5.32 Å². The Hall–Kier alpha value is -3.43. The highest BCUT2D eigenvalue weighted by Gasteiger charge is 2.40. The fourth-order valence-corrected chi connectivity index (χ4v) is 2.55. The van der Waals surface area contributed by atoms with Crippen LogP contribution in [-0.4, -0.2) is 33.0 Å². The van der Waals surface area contributed by atoms with Gasteiger partial charge in [-0.1, -0.05) is 47.7 Å². The van der Waals surface area contributed by atoms with E-state index in [2.05, 4.69) is 10.3 Å². The molecular formula is C18H15F3N4O3. The van der Waals surface area contributed by atoms with Crippen molar-refractivity contribution in [2.24, 2.45) is 0 Å². The summed E-state index contributed by atoms with van der Waals surface area (Å²) in [5.74, 6) is -2.92. The summed E-state index contributed by atoms with van der Waals surface area (Å²) in [6.45, 7) is -0.256. The number of carbonyl (C=O) groups excluding carboxylic acids is 2. The molecule has 0 spiro atoms. The molecule has 1 aromatic heterocycles. The van der Waals surface area contributed by atoms with Gasteiger partial charge in [-0.25, -0.2) is 4.68 Å². The topological polar surface area (TPSA) is 86.1 Å². The van der Waals surface area contributed by atoms with Crippen LogP contribution in [0.4, 0.5) is 13.2 Å². The molecule has 0 aliphatic rings. The van der Waals surface area contributed by atoms with Gasteiger partial charge in [0.1, 0.15) is 5.52 Å². The lowest BCUT2D eigenvalue weighted by molar-refractivity contribution is -0.174. The molecule has 146 valence electrons. The van der Waals surface area contributed by atoms with Gasteiger partial charge in [0, 0.05) is 0 Å². The standard InChI is InChI=1S/C18H15F3N4O3/c19-18(20,21)17(27)22-14(12-6-2-1-3-7-12)10-16(26)28-11-25-15-9-5-4-8-13(15)23-24-25/h1-9,14H,10-11H2,(H,22,27)/t14-/m0/s1. The van der Waals surface area contributed by atoms with Crippen molar-refractivity contribution >= 4 is 22.9 Å². The van der Waals surface area contributed by atoms with E-state index in [4.69, 9.17) is 4.74 Å². The van der Waals surface area contributed by atoms with Gasteiger partial charge >= 0.3 is 18.1 Å². The quantitative estimate of drug-likeness (QED) is 0.652. The van der Waals surface area contributed by atoms with Crippen LogP contribution >= 0.6 is 0 Å². The zero-order valence-electron chi connectivity index (χ0n) is 14.4. The number of para-hydroxylation sites is 1. The molecule has 0 unspecified atom stereocenters. The Bertz CT molecular complexity index is 973. The Balaban J connectivity index is 1.67. The van der Waals surface area contributed by atoms with Crippen LogP contribution in [-0.2, 0) is 21.1 Å². The Morgan fingerprint density at radius 2 is 1.75 bits per heavy atom. The summed E-state index contributed by atoms with van der Waals surface area (Å²) in [4.78, 5) is 23.5. The molecule has 0 saturated carbocycles. The maximum absolute atomic E-state index is 12.6. The van der Waals surface area contributed by atoms with Gasteiger partial charge in [0.05, 0.1) is 18.0 Å². The summed E-state index contributed by atoms with van der Waals surface area (Å²) >= 11 is 0. The van der Waals surface area contributed by atoms with Crippen LogP contribution in [0.1, 0.15) is 18.0 Å². The summed E-state index contributed by atoms with van der Waals surface area (Å²) in [7, 11) is 0. The summed E-state index contributed by atoms with van der Waals surface area (Å²) in [6, 6.07) is 13.7. The van der Waals surface area contributed by atoms with Crippen LogP contribution < -0.4 is 5.32 Å². The van der Waals surface area contributed by atoms with Crippen molar-refractivity contribution in [1.29, 1.82) is 0 Å². The van der Waals surface area contributed by atoms with Gasteiger partial charge in [-0.2, -0.15) is 13.2 Å². The first-order chi connectivity index (χ1) is 13.3. The number of amides is 1. The molecule has 7 nitrogen and oxygen atoms in total. The molecule has 1 atom stereocenters. The maximum Gasteiger partial charge on any atom is 0.471 e. The predicted octanol–water partition coefficient (Wildman–Crippen LogP) is 2.74. The summed E-state index contributed by atoms with van der Waals surface area (Å²) in [5, 5.41) is 9.59. The number of rotatable bonds is 6. The molecule has 0 aliphatic heterocycles. The molecular weight excluding hydrogens is 377 g/mol. The third-order valence-corrected chi connectivity index (χ3v) is 3.90. The number of hydrogen-bond acceptors (Lipinski definition) is 5. The first kappa shape index (κ1) is 19.3. The van der Waals surface area contributed by atoms with Crippen LogP contribution in [0.15, 0.2) is 54.6 Å². The van der Waals surface area contributed by atoms with Crippen LogP contribution in [0.3, 0.4) is 0 Å². The minimum absolute atomic E-state index is 0.256. The Morgan fingerprint density at radius 1 is 1.07 bits per heavy atom. The number of nitrogens with one attached hydrogen (secondary N) is 1. The minimum Gasteiger partial charge on any atom is -0.442 e. The molecule has 1 amide bonds. The van der Waals surface area contributed by atoms with Gasteiger partial charge < -0.3 is 10.1 Å². The van der Waals surface area contributed by atoms with Crippen molar-refractivity contribution in [2.45, 2.75) is 25.4 Å². The number of ether oxygens (including phenoxy) is 1. The van der Waals surface area contributed by atoms with E-state index in [1.54, 1.807) is 42.5 Å². The highest BCUT2D eigenvalue weighted by atomic mass is 19.4. The fourth-order valence-electron chi connectivity index (χ4n) is 2.55. The molecule has 3 aromatic rings. The number of halogens is 3. The van der Waals surface area contributed by atoms with Crippen molar-refractivity contribution in [3.63, 3.8) is 0 Å². The molecule has 28 heavy (non-hydrogen) atoms. The lowest BCUT2D eigenvalue weighted by atomic mass is 10.0. The van der Waals surface area contributed by atoms with Gasteiger partial charge in [0.2, 0.25) is 0 Å². The molecule has 0 fully saturated rings. The largest absolute Gasteiger partial charge is 0.471 e. The molecule has 0 bridgehead atoms. The second-order valence-electron chi connectivity index (χ2n) is 5.86. The zero-order valence-corrected chi connectivity index (χ0v) is 14.4. The third kappa shape index (κ3) is 4.64. The SMILES string of the molecule is O=C(C[C@H](NC(=O)C(F)(F)F)c1ccccc1)OCn1nnc2ccccc21. The number of hydrogen-bond donors (Lipinski definition) is 1. The van der Waals surface area contributed by atoms with Crippen molar-refractivity contribution in [2.75, 3.05) is 0 Å². The van der Waals surface area contributed by atoms with Crippen LogP contribution in [0, 0.1) is 0 Å². The minimum atomic E-state index is -5.06. The van der Waals surface area contributed by atoms with Gasteiger partial charge in [-0.05, 0) is 17.7 Å². The summed E-state index contributed by atoms with van der Waals surface area (Å²) in [6.07, 6.45) is -5.53. The molecule has 3 rings (SSSR count). The van der Waals surface area contributed by atoms with E-state index >= 15 is 0 Å². The van der Waals surface area contributed by atoms with E-state index in [9.17, 15) is 22.8 Å². The van der Waals surface area contributed by atoms with Crippen molar-refractivity contribution in [3.8, 4) is 0 Å². The van der Waals surface area contributed by atoms with Crippen LogP contribution in [0.25, 0.3) is 11.0 Å². The fraction of sp³-hybridized carbons (Fsp3) is 0.222. The van der Waals surface area contributed by atoms with E-state index in [0.717, 1.165) is 0 Å². The zero-order chi connectivity index (χ0) is 20.1. The lowest BCUT2D eigenvalue weighted by Gasteiger charge is -2.19. The normalized spacial score (nSPS) is 12.5. The van der Waals surface area contributed by atoms with Crippen LogP contribution in [0.5, 0.6) is 0 Å². The number of benzene rings is 2. The van der Waals surface area contributed by atoms with Gasteiger partial charge in [0.15, 0.2) is 6.73 Å². The Labute approximate surface area is 157 Å². The average Bonchev–Trinajstić information content (AvgIpc) is 3.09. The van der Waals surface area contributed by atoms with E-state index in [1.165, 1.54) is 16.8 Å². The number of alkyl halides is 3. The number of esters is 1. The number of carbonyl (C=O) groups is 2. The monoisotopic (exact) mass is 392 g/mol. The van der Waals surface area contributed by atoms with Gasteiger partial charge in [-0.15, -0.1) is 5.10 Å². The predicted molar refractivity (Wildman–Crippen MR) is 91.6 cm³/mol. The second kappa shape index (κ2) is 8.07. The first-order valence-corrected chi connectivity index (χ1v) is 8.21. The molecule has 10 heteroatoms. The van der Waals surface area contributed by atoms with Crippen LogP contribution in [0.2, 0.25) is 0 Å². The highest BCUT2D eigenvalue weighted by molar-refractivity contribution is 5.83. The maximum atomic E-state index is 12.6. The van der Waals surface area contributed by atoms with Crippen molar-refractivity contribution in [3.05, 3.63) is 60.2 Å². The molecule has 0 radical (unpaired) electrons. The molecule has 0 aliphatic carbocycles. The average molecular weight is 392 g/mol. The molecule has 1 heterocycles.